The highest BCUT2D eigenvalue weighted by Crippen LogP contribution is 2.20. The third-order valence-corrected chi connectivity index (χ3v) is 4.56. The van der Waals surface area contributed by atoms with Gasteiger partial charge in [0.05, 0.1) is 25.5 Å². The van der Waals surface area contributed by atoms with Gasteiger partial charge in [-0.3, -0.25) is 0 Å². The maximum Gasteiger partial charge on any atom is 0.191 e. The summed E-state index contributed by atoms with van der Waals surface area (Å²) in [6, 6.07) is 16.3. The second-order valence-electron chi connectivity index (χ2n) is 6.82. The van der Waals surface area contributed by atoms with Gasteiger partial charge in [-0.2, -0.15) is 5.10 Å². The molecule has 0 aliphatic carbocycles. The summed E-state index contributed by atoms with van der Waals surface area (Å²) in [4.78, 5) is 4.70. The molecule has 152 valence electrons. The lowest BCUT2D eigenvalue weighted by atomic mass is 10.1. The van der Waals surface area contributed by atoms with Gasteiger partial charge in [-0.15, -0.1) is 0 Å². The number of para-hydroxylation sites is 1. The van der Waals surface area contributed by atoms with E-state index in [1.54, 1.807) is 7.11 Å². The normalized spacial score (nSPS) is 11.3. The summed E-state index contributed by atoms with van der Waals surface area (Å²) in [7, 11) is 1.70. The molecule has 1 heterocycles. The van der Waals surface area contributed by atoms with Gasteiger partial charge in [0.2, 0.25) is 0 Å². The minimum Gasteiger partial charge on any atom is -0.496 e. The maximum atomic E-state index is 5.48. The third kappa shape index (κ3) is 5.85. The van der Waals surface area contributed by atoms with Crippen LogP contribution in [0.15, 0.2) is 65.9 Å². The van der Waals surface area contributed by atoms with E-state index in [0.717, 1.165) is 42.5 Å². The van der Waals surface area contributed by atoms with Crippen molar-refractivity contribution in [3.63, 3.8) is 0 Å². The number of hydrogen-bond acceptors (Lipinski definition) is 3. The number of guanidine groups is 1. The molecule has 0 unspecified atom stereocenters. The quantitative estimate of drug-likeness (QED) is 0.456. The summed E-state index contributed by atoms with van der Waals surface area (Å²) in [5, 5.41) is 11.1. The molecule has 0 atom stereocenters. The Morgan fingerprint density at radius 3 is 2.72 bits per heavy atom. The van der Waals surface area contributed by atoms with Crippen molar-refractivity contribution in [2.24, 2.45) is 4.99 Å². The number of aryl methyl sites for hydroxylation is 1. The molecule has 1 aromatic heterocycles. The number of hydrogen-bond donors (Lipinski definition) is 2. The Bertz CT molecular complexity index is 933. The topological polar surface area (TPSA) is 63.5 Å². The van der Waals surface area contributed by atoms with E-state index in [0.29, 0.717) is 6.54 Å². The maximum absolute atomic E-state index is 5.48. The van der Waals surface area contributed by atoms with Crippen LogP contribution in [0.5, 0.6) is 5.75 Å². The average molecular weight is 392 g/mol. The molecular weight excluding hydrogens is 362 g/mol. The molecule has 6 nitrogen and oxygen atoms in total. The lowest BCUT2D eigenvalue weighted by Gasteiger charge is -2.12. The fraction of sp³-hybridized carbons (Fsp3) is 0.304. The molecule has 0 spiro atoms. The van der Waals surface area contributed by atoms with Crippen LogP contribution in [0.25, 0.3) is 5.69 Å². The second kappa shape index (κ2) is 10.3. The highest BCUT2D eigenvalue weighted by molar-refractivity contribution is 5.79. The first-order valence-electron chi connectivity index (χ1n) is 9.94. The van der Waals surface area contributed by atoms with Crippen molar-refractivity contribution in [3.8, 4) is 11.4 Å². The predicted molar refractivity (Wildman–Crippen MR) is 118 cm³/mol. The van der Waals surface area contributed by atoms with Crippen molar-refractivity contribution in [2.45, 2.75) is 26.8 Å². The van der Waals surface area contributed by atoms with Gasteiger partial charge in [0, 0.05) is 24.8 Å². The number of aliphatic imine (C=N–C) groups is 1. The molecule has 2 N–H and O–H groups in total. The van der Waals surface area contributed by atoms with Gasteiger partial charge >= 0.3 is 0 Å². The smallest absolute Gasteiger partial charge is 0.191 e. The summed E-state index contributed by atoms with van der Waals surface area (Å²) in [6.07, 6.45) is 4.85. The molecule has 0 amide bonds. The van der Waals surface area contributed by atoms with Crippen LogP contribution < -0.4 is 15.4 Å². The summed E-state index contributed by atoms with van der Waals surface area (Å²) in [6.45, 7) is 6.26. The van der Waals surface area contributed by atoms with Gasteiger partial charge < -0.3 is 15.4 Å². The van der Waals surface area contributed by atoms with Crippen LogP contribution in [0.1, 0.15) is 23.6 Å². The third-order valence-electron chi connectivity index (χ3n) is 4.56. The molecule has 6 heteroatoms. The van der Waals surface area contributed by atoms with Gasteiger partial charge in [-0.25, -0.2) is 9.67 Å². The zero-order valence-corrected chi connectivity index (χ0v) is 17.4. The van der Waals surface area contributed by atoms with Crippen molar-refractivity contribution in [1.29, 1.82) is 0 Å². The van der Waals surface area contributed by atoms with E-state index < -0.39 is 0 Å². The number of ether oxygens (including phenoxy) is 1. The van der Waals surface area contributed by atoms with Crippen molar-refractivity contribution in [3.05, 3.63) is 77.6 Å². The van der Waals surface area contributed by atoms with Crippen molar-refractivity contribution < 1.29 is 4.74 Å². The lowest BCUT2D eigenvalue weighted by molar-refractivity contribution is 0.409. The van der Waals surface area contributed by atoms with Gasteiger partial charge in [0.25, 0.3) is 0 Å². The fourth-order valence-corrected chi connectivity index (χ4v) is 3.02. The minimum absolute atomic E-state index is 0.560. The van der Waals surface area contributed by atoms with Crippen LogP contribution in [0.4, 0.5) is 0 Å². The van der Waals surface area contributed by atoms with Crippen LogP contribution in [-0.2, 0) is 13.0 Å². The molecule has 29 heavy (non-hydrogen) atoms. The zero-order valence-electron chi connectivity index (χ0n) is 17.4. The molecule has 0 fully saturated rings. The molecule has 3 aromatic rings. The average Bonchev–Trinajstić information content (AvgIpc) is 3.22. The largest absolute Gasteiger partial charge is 0.496 e. The van der Waals surface area contributed by atoms with E-state index in [1.807, 2.05) is 47.3 Å². The van der Waals surface area contributed by atoms with Gasteiger partial charge in [-0.05, 0) is 49.6 Å². The number of rotatable bonds is 8. The zero-order chi connectivity index (χ0) is 20.5. The van der Waals surface area contributed by atoms with Crippen LogP contribution in [0.3, 0.4) is 0 Å². The second-order valence-corrected chi connectivity index (χ2v) is 6.82. The van der Waals surface area contributed by atoms with Gasteiger partial charge in [0.1, 0.15) is 5.75 Å². The molecule has 0 radical (unpaired) electrons. The summed E-state index contributed by atoms with van der Waals surface area (Å²) in [5.41, 5.74) is 4.49. The molecular formula is C23H29N5O. The first kappa shape index (κ1) is 20.5. The number of nitrogens with one attached hydrogen (secondary N) is 2. The van der Waals surface area contributed by atoms with Crippen LogP contribution >= 0.6 is 0 Å². The van der Waals surface area contributed by atoms with E-state index in [9.17, 15) is 0 Å². The highest BCUT2D eigenvalue weighted by atomic mass is 16.5. The summed E-state index contributed by atoms with van der Waals surface area (Å²) < 4.78 is 7.38. The number of aromatic nitrogens is 2. The first-order valence-corrected chi connectivity index (χ1v) is 9.94. The van der Waals surface area contributed by atoms with E-state index in [4.69, 9.17) is 9.73 Å². The predicted octanol–water partition coefficient (Wildman–Crippen LogP) is 3.49. The number of benzene rings is 2. The Morgan fingerprint density at radius 2 is 1.97 bits per heavy atom. The Morgan fingerprint density at radius 1 is 1.14 bits per heavy atom. The SMILES string of the molecule is CCNC(=NCc1ccc(C)cc1OC)NCCc1cnn(-c2ccccc2)c1. The minimum atomic E-state index is 0.560. The molecule has 3 rings (SSSR count). The van der Waals surface area contributed by atoms with Crippen molar-refractivity contribution >= 4 is 5.96 Å². The first-order chi connectivity index (χ1) is 14.2. The lowest BCUT2D eigenvalue weighted by Crippen LogP contribution is -2.38. The monoisotopic (exact) mass is 391 g/mol. The molecule has 2 aromatic carbocycles. The van der Waals surface area contributed by atoms with E-state index in [2.05, 4.69) is 47.9 Å². The Labute approximate surface area is 172 Å². The molecule has 0 aliphatic rings. The fourth-order valence-electron chi connectivity index (χ4n) is 3.02. The van der Waals surface area contributed by atoms with E-state index in [-0.39, 0.29) is 0 Å². The standard InChI is InChI=1S/C23H29N5O/c1-4-24-23(26-16-20-11-10-18(2)14-22(20)29-3)25-13-12-19-15-27-28(17-19)21-8-6-5-7-9-21/h5-11,14-15,17H,4,12-13,16H2,1-3H3,(H2,24,25,26). The van der Waals surface area contributed by atoms with E-state index in [1.165, 1.54) is 11.1 Å². The molecule has 0 saturated heterocycles. The number of methoxy groups -OCH3 is 1. The highest BCUT2D eigenvalue weighted by Gasteiger charge is 2.05. The van der Waals surface area contributed by atoms with Crippen LogP contribution in [0.2, 0.25) is 0 Å². The Balaban J connectivity index is 1.57. The number of nitrogens with zero attached hydrogens (tertiary/aromatic N) is 3. The van der Waals surface area contributed by atoms with Crippen LogP contribution in [0, 0.1) is 6.92 Å². The summed E-state index contributed by atoms with van der Waals surface area (Å²) >= 11 is 0. The molecule has 0 bridgehead atoms. The van der Waals surface area contributed by atoms with Gasteiger partial charge in [0.15, 0.2) is 5.96 Å². The molecule has 0 saturated carbocycles. The summed E-state index contributed by atoms with van der Waals surface area (Å²) in [5.74, 6) is 1.67. The van der Waals surface area contributed by atoms with Gasteiger partial charge in [-0.1, -0.05) is 30.3 Å². The molecule has 0 aliphatic heterocycles. The van der Waals surface area contributed by atoms with Crippen molar-refractivity contribution in [2.75, 3.05) is 20.2 Å². The van der Waals surface area contributed by atoms with E-state index >= 15 is 0 Å². The Kier molecular flexibility index (Phi) is 7.28. The Hall–Kier alpha value is -3.28. The van der Waals surface area contributed by atoms with Crippen molar-refractivity contribution in [1.82, 2.24) is 20.4 Å². The van der Waals surface area contributed by atoms with Crippen LogP contribution in [-0.4, -0.2) is 35.9 Å².